The summed E-state index contributed by atoms with van der Waals surface area (Å²) in [7, 11) is 0. The molecule has 15 heteroatoms. The average molecular weight is 607 g/mol. The van der Waals surface area contributed by atoms with Crippen molar-refractivity contribution >= 4 is 51.6 Å². The van der Waals surface area contributed by atoms with Crippen LogP contribution in [0.4, 0.5) is 15.2 Å². The van der Waals surface area contributed by atoms with Crippen LogP contribution in [-0.4, -0.2) is 57.0 Å². The number of nitrogens with two attached hydrogens (primary N) is 1. The molecule has 2 fully saturated rings. The minimum absolute atomic E-state index is 0.0557. The van der Waals surface area contributed by atoms with Gasteiger partial charge in [-0.2, -0.15) is 0 Å². The predicted octanol–water partition coefficient (Wildman–Crippen LogP) is 2.51. The highest BCUT2D eigenvalue weighted by atomic mass is 32.1. The van der Waals surface area contributed by atoms with Gasteiger partial charge in [0, 0.05) is 23.9 Å². The first-order valence-corrected chi connectivity index (χ1v) is 14.0. The van der Waals surface area contributed by atoms with E-state index in [2.05, 4.69) is 15.5 Å². The molecule has 0 radical (unpaired) electrons. The third kappa shape index (κ3) is 5.14. The van der Waals surface area contributed by atoms with E-state index in [4.69, 9.17) is 15.3 Å². The van der Waals surface area contributed by atoms with Crippen molar-refractivity contribution < 1.29 is 38.2 Å². The van der Waals surface area contributed by atoms with Crippen molar-refractivity contribution in [2.45, 2.75) is 31.7 Å². The molecule has 2 saturated heterocycles. The lowest BCUT2D eigenvalue weighted by Gasteiger charge is -2.42. The van der Waals surface area contributed by atoms with Gasteiger partial charge in [-0.15, -0.1) is 11.3 Å². The van der Waals surface area contributed by atoms with Gasteiger partial charge < -0.3 is 30.6 Å². The fraction of sp³-hybridized carbons (Fsp3) is 0.214. The monoisotopic (exact) mass is 606 g/mol. The number of halogens is 1. The molecular weight excluding hydrogens is 583 g/mol. The zero-order valence-corrected chi connectivity index (χ0v) is 23.1. The Hall–Kier alpha value is -5.31. The maximum absolute atomic E-state index is 14.3. The molecule has 3 amide bonds. The first-order valence-electron chi connectivity index (χ1n) is 13.1. The van der Waals surface area contributed by atoms with Crippen LogP contribution < -0.4 is 16.0 Å². The molecule has 6 rings (SSSR count). The molecule has 1 atom stereocenters. The summed E-state index contributed by atoms with van der Waals surface area (Å²) in [6.07, 6.45) is 6.78. The summed E-state index contributed by atoms with van der Waals surface area (Å²) in [5.41, 5.74) is 5.44. The lowest BCUT2D eigenvalue weighted by Crippen LogP contribution is -2.63. The lowest BCUT2D eigenvalue weighted by atomic mass is 9.98. The number of amides is 3. The number of carbonyl (C=O) groups excluding carboxylic acids is 3. The number of carbonyl (C=O) groups is 4. The van der Waals surface area contributed by atoms with Crippen molar-refractivity contribution in [3.05, 3.63) is 88.1 Å². The number of rotatable bonds is 8. The van der Waals surface area contributed by atoms with E-state index in [0.717, 1.165) is 35.3 Å². The number of allylic oxidation sites excluding steroid dienone is 3. The summed E-state index contributed by atoms with van der Waals surface area (Å²) in [6.45, 7) is 0.175. The van der Waals surface area contributed by atoms with Crippen LogP contribution in [0.15, 0.2) is 81.7 Å². The highest BCUT2D eigenvalue weighted by molar-refractivity contribution is 7.13. The van der Waals surface area contributed by atoms with E-state index < -0.39 is 41.2 Å². The Bertz CT molecular complexity index is 1720. The third-order valence-corrected chi connectivity index (χ3v) is 7.74. The number of fused-ring (bicyclic) bond motifs is 1. The highest BCUT2D eigenvalue weighted by Crippen LogP contribution is 2.37. The van der Waals surface area contributed by atoms with Gasteiger partial charge in [-0.3, -0.25) is 19.3 Å². The first kappa shape index (κ1) is 27.8. The van der Waals surface area contributed by atoms with E-state index in [1.165, 1.54) is 34.6 Å². The van der Waals surface area contributed by atoms with Gasteiger partial charge in [0.05, 0.1) is 11.4 Å². The average Bonchev–Trinajstić information content (AvgIpc) is 3.74. The molecule has 1 aromatic heterocycles. The molecule has 4 aliphatic rings. The quantitative estimate of drug-likeness (QED) is 0.176. The van der Waals surface area contributed by atoms with Crippen molar-refractivity contribution in [3.8, 4) is 0 Å². The van der Waals surface area contributed by atoms with Crippen molar-refractivity contribution in [2.75, 3.05) is 17.2 Å². The number of thiazole rings is 1. The fourth-order valence-corrected chi connectivity index (χ4v) is 5.52. The van der Waals surface area contributed by atoms with Gasteiger partial charge in [-0.1, -0.05) is 17.3 Å². The van der Waals surface area contributed by atoms with Crippen LogP contribution in [0.3, 0.4) is 0 Å². The molecule has 0 bridgehead atoms. The van der Waals surface area contributed by atoms with E-state index in [9.17, 15) is 28.7 Å². The van der Waals surface area contributed by atoms with Gasteiger partial charge in [-0.25, -0.2) is 14.2 Å². The van der Waals surface area contributed by atoms with E-state index in [1.54, 1.807) is 6.07 Å². The zero-order chi connectivity index (χ0) is 30.2. The van der Waals surface area contributed by atoms with Crippen LogP contribution in [0.25, 0.3) is 0 Å². The molecule has 220 valence electrons. The van der Waals surface area contributed by atoms with Gasteiger partial charge >= 0.3 is 5.97 Å². The Morgan fingerprint density at radius 3 is 2.79 bits per heavy atom. The standard InChI is InChI=1S/C28H23FN6O7S/c29-16-7-3-4-8-18(16)34-10-9-14(25(34)37)11-20-23(27(39)40)35-19(12-41-20)22(26(35)38)32-24(36)21(17-13-43-28(30)31-17)33-42-15-5-1-2-6-15/h3-5,7-8,11-13,22H,1-2,6,9-10H2,(H2,30,31)(H,32,36)(H,39,40)/b14-11+,33-21-/t22-/m0/s1. The summed E-state index contributed by atoms with van der Waals surface area (Å²) < 4.78 is 19.8. The molecule has 4 N–H and O–H groups in total. The second-order valence-electron chi connectivity index (χ2n) is 9.75. The van der Waals surface area contributed by atoms with E-state index >= 15 is 0 Å². The number of aliphatic carboxylic acids is 1. The SMILES string of the molecule is Nc1nc(/C(=N/OC2=CCCC2)C(=O)N[C@@H]2C(=O)N3C2=COC(/C=C2\CCN(c4ccccc4F)C2=O)=C3C(=O)O)cs1. The van der Waals surface area contributed by atoms with Crippen molar-refractivity contribution in [3.63, 3.8) is 0 Å². The maximum atomic E-state index is 14.3. The number of hydrogen-bond acceptors (Lipinski definition) is 10. The van der Waals surface area contributed by atoms with Crippen LogP contribution in [0.1, 0.15) is 31.4 Å². The van der Waals surface area contributed by atoms with Crippen molar-refractivity contribution in [1.29, 1.82) is 0 Å². The Balaban J connectivity index is 1.21. The van der Waals surface area contributed by atoms with Crippen LogP contribution in [0.5, 0.6) is 0 Å². The number of aromatic nitrogens is 1. The number of benzene rings is 1. The smallest absolute Gasteiger partial charge is 0.356 e. The molecule has 3 aliphatic heterocycles. The van der Waals surface area contributed by atoms with E-state index in [1.807, 2.05) is 6.08 Å². The van der Waals surface area contributed by atoms with E-state index in [-0.39, 0.29) is 52.2 Å². The number of nitrogens with zero attached hydrogens (tertiary/aromatic N) is 4. The van der Waals surface area contributed by atoms with Gasteiger partial charge in [0.2, 0.25) is 0 Å². The normalized spacial score (nSPS) is 20.9. The number of para-hydroxylation sites is 1. The van der Waals surface area contributed by atoms with Crippen molar-refractivity contribution in [1.82, 2.24) is 15.2 Å². The van der Waals surface area contributed by atoms with Crippen LogP contribution in [0, 0.1) is 5.82 Å². The van der Waals surface area contributed by atoms with E-state index in [0.29, 0.717) is 12.2 Å². The topological polar surface area (TPSA) is 177 Å². The van der Waals surface area contributed by atoms with Gasteiger partial charge in [-0.05, 0) is 43.5 Å². The van der Waals surface area contributed by atoms with Gasteiger partial charge in [0.15, 0.2) is 28.3 Å². The minimum Gasteiger partial charge on any atom is -0.476 e. The maximum Gasteiger partial charge on any atom is 0.356 e. The zero-order valence-electron chi connectivity index (χ0n) is 22.3. The second kappa shape index (κ2) is 11.2. The Kier molecular flexibility index (Phi) is 7.23. The lowest BCUT2D eigenvalue weighted by molar-refractivity contribution is -0.145. The summed E-state index contributed by atoms with van der Waals surface area (Å²) in [5, 5.41) is 18.1. The first-order chi connectivity index (χ1) is 20.7. The number of carboxylic acids is 1. The molecule has 4 heterocycles. The molecular formula is C28H23FN6O7S. The Labute approximate surface area is 247 Å². The van der Waals surface area contributed by atoms with Crippen LogP contribution in [0.2, 0.25) is 0 Å². The highest BCUT2D eigenvalue weighted by Gasteiger charge is 2.51. The van der Waals surface area contributed by atoms with Crippen LogP contribution >= 0.6 is 11.3 Å². The number of nitrogen functional groups attached to an aromatic ring is 1. The molecule has 0 unspecified atom stereocenters. The third-order valence-electron chi connectivity index (χ3n) is 7.07. The molecule has 13 nitrogen and oxygen atoms in total. The Morgan fingerprint density at radius 1 is 1.28 bits per heavy atom. The van der Waals surface area contributed by atoms with Crippen LogP contribution in [-0.2, 0) is 28.8 Å². The molecule has 0 spiro atoms. The van der Waals surface area contributed by atoms with Gasteiger partial charge in [0.25, 0.3) is 17.7 Å². The Morgan fingerprint density at radius 2 is 2.09 bits per heavy atom. The molecule has 1 aliphatic carbocycles. The number of hydrogen-bond donors (Lipinski definition) is 3. The van der Waals surface area contributed by atoms with Gasteiger partial charge in [0.1, 0.15) is 23.5 Å². The summed E-state index contributed by atoms with van der Waals surface area (Å²) in [5.74, 6) is -3.81. The number of anilines is 2. The second-order valence-corrected chi connectivity index (χ2v) is 10.6. The summed E-state index contributed by atoms with van der Waals surface area (Å²) in [6, 6.07) is 4.55. The molecule has 2 aromatic rings. The fourth-order valence-electron chi connectivity index (χ4n) is 4.97. The number of β-lactam (4-membered cyclic amide) rings is 1. The number of ether oxygens (including phenoxy) is 1. The number of oxime groups is 1. The summed E-state index contributed by atoms with van der Waals surface area (Å²) >= 11 is 1.09. The van der Waals surface area contributed by atoms with Crippen molar-refractivity contribution in [2.24, 2.45) is 5.16 Å². The number of nitrogens with one attached hydrogen (secondary N) is 1. The largest absolute Gasteiger partial charge is 0.476 e. The summed E-state index contributed by atoms with van der Waals surface area (Å²) in [4.78, 5) is 63.3. The predicted molar refractivity (Wildman–Crippen MR) is 150 cm³/mol. The number of carboxylic acid groups (broad SMARTS) is 1. The molecule has 0 saturated carbocycles. The molecule has 1 aromatic carbocycles. The minimum atomic E-state index is -1.49. The molecule has 43 heavy (non-hydrogen) atoms.